The van der Waals surface area contributed by atoms with Gasteiger partial charge in [-0.15, -0.1) is 0 Å². The van der Waals surface area contributed by atoms with E-state index in [0.717, 1.165) is 5.75 Å². The van der Waals surface area contributed by atoms with Crippen molar-refractivity contribution in [2.24, 2.45) is 0 Å². The van der Waals surface area contributed by atoms with Crippen LogP contribution in [0.4, 0.5) is 0 Å². The van der Waals surface area contributed by atoms with E-state index in [1.54, 1.807) is 0 Å². The largest absolute Gasteiger partial charge is 0.542 e. The second kappa shape index (κ2) is 4.74. The Morgan fingerprint density at radius 2 is 1.89 bits per heavy atom. The van der Waals surface area contributed by atoms with Crippen LogP contribution < -0.4 is 15.3 Å². The van der Waals surface area contributed by atoms with Crippen molar-refractivity contribution < 1.29 is 4.65 Å². The van der Waals surface area contributed by atoms with Gasteiger partial charge in [-0.1, -0.05) is 47.5 Å². The van der Waals surface area contributed by atoms with Crippen molar-refractivity contribution >= 4 is 12.5 Å². The third kappa shape index (κ3) is 2.26. The Bertz CT molecular complexity index is 611. The summed E-state index contributed by atoms with van der Waals surface area (Å²) in [4.78, 5) is 0. The molecule has 1 aliphatic heterocycles. The maximum Gasteiger partial charge on any atom is 0.483 e. The smallest absolute Gasteiger partial charge is 0.483 e. The third-order valence-corrected chi connectivity index (χ3v) is 3.74. The summed E-state index contributed by atoms with van der Waals surface area (Å²) in [6.07, 6.45) is 0. The lowest BCUT2D eigenvalue weighted by Gasteiger charge is -2.30. The summed E-state index contributed by atoms with van der Waals surface area (Å²) in [5, 5.41) is 3.53. The second-order valence-corrected chi connectivity index (χ2v) is 5.28. The molecule has 1 N–H and O–H groups in total. The molecule has 0 amide bonds. The fourth-order valence-corrected chi connectivity index (χ4v) is 2.70. The zero-order chi connectivity index (χ0) is 13.4. The fourth-order valence-electron chi connectivity index (χ4n) is 2.70. The molecule has 0 aromatic heterocycles. The van der Waals surface area contributed by atoms with Gasteiger partial charge in [0.25, 0.3) is 0 Å². The number of rotatable bonds is 1. The summed E-state index contributed by atoms with van der Waals surface area (Å²) >= 11 is 0. The van der Waals surface area contributed by atoms with Crippen LogP contribution in [0, 0.1) is 13.8 Å². The molecular formula is C16H18BNO. The maximum atomic E-state index is 6.10. The van der Waals surface area contributed by atoms with E-state index in [1.807, 2.05) is 12.1 Å². The highest BCUT2D eigenvalue weighted by Crippen LogP contribution is 2.28. The van der Waals surface area contributed by atoms with Gasteiger partial charge in [0, 0.05) is 11.6 Å². The molecular weight excluding hydrogens is 233 g/mol. The molecule has 0 fully saturated rings. The first-order valence-electron chi connectivity index (χ1n) is 6.74. The van der Waals surface area contributed by atoms with Crippen LogP contribution in [0.2, 0.25) is 0 Å². The topological polar surface area (TPSA) is 21.3 Å². The van der Waals surface area contributed by atoms with Gasteiger partial charge >= 0.3 is 7.05 Å². The Morgan fingerprint density at radius 1 is 1.11 bits per heavy atom. The standard InChI is InChI=1S/C16H18BNO/c1-11-8-9-15(12(2)10-11)17-18-13(3)14-6-4-5-7-16(14)19-17/h4-10,13,18H,1-3H3. The normalized spacial score (nSPS) is 17.8. The van der Waals surface area contributed by atoms with E-state index in [0.29, 0.717) is 6.04 Å². The third-order valence-electron chi connectivity index (χ3n) is 3.74. The van der Waals surface area contributed by atoms with Gasteiger partial charge in [0.1, 0.15) is 5.75 Å². The summed E-state index contributed by atoms with van der Waals surface area (Å²) < 4.78 is 6.10. The van der Waals surface area contributed by atoms with Gasteiger partial charge in [-0.2, -0.15) is 0 Å². The Morgan fingerprint density at radius 3 is 2.68 bits per heavy atom. The minimum absolute atomic E-state index is 0.0644. The lowest BCUT2D eigenvalue weighted by molar-refractivity contribution is 0.492. The number of aryl methyl sites for hydroxylation is 2. The summed E-state index contributed by atoms with van der Waals surface area (Å²) in [6.45, 7) is 6.43. The second-order valence-electron chi connectivity index (χ2n) is 5.28. The number of nitrogens with one attached hydrogen (secondary N) is 1. The van der Waals surface area contributed by atoms with Crippen LogP contribution in [0.3, 0.4) is 0 Å². The Labute approximate surface area is 114 Å². The maximum absolute atomic E-state index is 6.10. The van der Waals surface area contributed by atoms with E-state index < -0.39 is 0 Å². The first kappa shape index (κ1) is 12.3. The number of benzene rings is 2. The highest BCUT2D eigenvalue weighted by Gasteiger charge is 2.31. The van der Waals surface area contributed by atoms with E-state index in [9.17, 15) is 0 Å². The zero-order valence-corrected chi connectivity index (χ0v) is 11.6. The number of hydrogen-bond donors (Lipinski definition) is 1. The van der Waals surface area contributed by atoms with Gasteiger partial charge in [0.15, 0.2) is 0 Å². The monoisotopic (exact) mass is 251 g/mol. The Balaban J connectivity index is 1.97. The highest BCUT2D eigenvalue weighted by atomic mass is 16.4. The van der Waals surface area contributed by atoms with Crippen molar-refractivity contribution in [3.63, 3.8) is 0 Å². The lowest BCUT2D eigenvalue weighted by Crippen LogP contribution is -2.54. The molecule has 1 atom stereocenters. The molecule has 19 heavy (non-hydrogen) atoms. The quantitative estimate of drug-likeness (QED) is 0.787. The van der Waals surface area contributed by atoms with E-state index in [4.69, 9.17) is 4.65 Å². The van der Waals surface area contributed by atoms with Gasteiger partial charge in [-0.25, -0.2) is 0 Å². The van der Waals surface area contributed by atoms with Crippen molar-refractivity contribution in [2.45, 2.75) is 26.8 Å². The fraction of sp³-hybridized carbons (Fsp3) is 0.250. The predicted octanol–water partition coefficient (Wildman–Crippen LogP) is 2.74. The van der Waals surface area contributed by atoms with Gasteiger partial charge in [-0.05, 0) is 32.3 Å². The first-order chi connectivity index (χ1) is 9.15. The van der Waals surface area contributed by atoms with Crippen LogP contribution in [-0.2, 0) is 0 Å². The van der Waals surface area contributed by atoms with Crippen molar-refractivity contribution in [1.82, 2.24) is 5.23 Å². The molecule has 3 heteroatoms. The molecule has 0 bridgehead atoms. The molecule has 96 valence electrons. The summed E-state index contributed by atoms with van der Waals surface area (Å²) in [5.74, 6) is 0.985. The van der Waals surface area contributed by atoms with E-state index in [-0.39, 0.29) is 7.05 Å². The average Bonchev–Trinajstić information content (AvgIpc) is 2.38. The molecule has 1 unspecified atom stereocenters. The van der Waals surface area contributed by atoms with Crippen LogP contribution in [-0.4, -0.2) is 7.05 Å². The van der Waals surface area contributed by atoms with Crippen LogP contribution in [0.15, 0.2) is 42.5 Å². The molecule has 0 aliphatic carbocycles. The summed E-state index contributed by atoms with van der Waals surface area (Å²) in [6, 6.07) is 15.0. The number of hydrogen-bond acceptors (Lipinski definition) is 2. The van der Waals surface area contributed by atoms with Gasteiger partial charge in [0.2, 0.25) is 0 Å². The van der Waals surface area contributed by atoms with Crippen molar-refractivity contribution in [1.29, 1.82) is 0 Å². The SMILES string of the molecule is Cc1ccc(B2NC(C)c3ccccc3O2)c(C)c1. The molecule has 0 radical (unpaired) electrons. The first-order valence-corrected chi connectivity index (χ1v) is 6.74. The molecule has 1 aliphatic rings. The van der Waals surface area contributed by atoms with Gasteiger partial charge < -0.3 is 9.88 Å². The van der Waals surface area contributed by atoms with E-state index in [1.165, 1.54) is 22.2 Å². The molecule has 1 heterocycles. The van der Waals surface area contributed by atoms with Crippen LogP contribution in [0.25, 0.3) is 0 Å². The van der Waals surface area contributed by atoms with Crippen LogP contribution >= 0.6 is 0 Å². The Kier molecular flexibility index (Phi) is 3.07. The molecule has 0 spiro atoms. The predicted molar refractivity (Wildman–Crippen MR) is 79.9 cm³/mol. The van der Waals surface area contributed by atoms with Crippen LogP contribution in [0.5, 0.6) is 5.75 Å². The molecule has 0 saturated carbocycles. The summed E-state index contributed by atoms with van der Waals surface area (Å²) in [7, 11) is -0.0644. The van der Waals surface area contributed by atoms with Crippen LogP contribution in [0.1, 0.15) is 29.7 Å². The minimum Gasteiger partial charge on any atom is -0.542 e. The zero-order valence-electron chi connectivity index (χ0n) is 11.6. The number of para-hydroxylation sites is 1. The molecule has 2 aromatic carbocycles. The Hall–Kier alpha value is -1.74. The van der Waals surface area contributed by atoms with E-state index in [2.05, 4.69) is 56.3 Å². The summed E-state index contributed by atoms with van der Waals surface area (Å²) in [5.41, 5.74) is 4.99. The molecule has 2 nitrogen and oxygen atoms in total. The van der Waals surface area contributed by atoms with E-state index >= 15 is 0 Å². The van der Waals surface area contributed by atoms with Gasteiger partial charge in [0.05, 0.1) is 0 Å². The molecule has 2 aromatic rings. The highest BCUT2D eigenvalue weighted by molar-refractivity contribution is 6.66. The van der Waals surface area contributed by atoms with Gasteiger partial charge in [-0.3, -0.25) is 0 Å². The number of fused-ring (bicyclic) bond motifs is 1. The molecule has 3 rings (SSSR count). The average molecular weight is 251 g/mol. The van der Waals surface area contributed by atoms with Crippen molar-refractivity contribution in [3.05, 3.63) is 59.2 Å². The van der Waals surface area contributed by atoms with Crippen molar-refractivity contribution in [2.75, 3.05) is 0 Å². The minimum atomic E-state index is -0.0644. The van der Waals surface area contributed by atoms with Crippen molar-refractivity contribution in [3.8, 4) is 5.75 Å². The molecule has 0 saturated heterocycles. The lowest BCUT2D eigenvalue weighted by atomic mass is 9.68.